The number of morpholine rings is 1. The lowest BCUT2D eigenvalue weighted by Crippen LogP contribution is -2.36. The van der Waals surface area contributed by atoms with Crippen LogP contribution in [0.5, 0.6) is 11.5 Å². The van der Waals surface area contributed by atoms with Gasteiger partial charge in [-0.25, -0.2) is 19.3 Å². The molecule has 4 rings (SSSR count). The third kappa shape index (κ3) is 4.82. The molecule has 1 aliphatic heterocycles. The van der Waals surface area contributed by atoms with Crippen molar-refractivity contribution < 1.29 is 13.9 Å². The average Bonchev–Trinajstić information content (AvgIpc) is 2.84. The molecular weight excluding hydrogens is 411 g/mol. The van der Waals surface area contributed by atoms with Crippen LogP contribution >= 0.6 is 0 Å². The lowest BCUT2D eigenvalue weighted by Gasteiger charge is -2.28. The summed E-state index contributed by atoms with van der Waals surface area (Å²) < 4.78 is 25.4. The van der Waals surface area contributed by atoms with E-state index in [1.165, 1.54) is 12.4 Å². The molecule has 2 aromatic heterocycles. The number of hydrogen-bond acceptors (Lipinski definition) is 8. The van der Waals surface area contributed by atoms with E-state index in [4.69, 9.17) is 15.2 Å². The molecule has 3 aromatic rings. The number of nitrogens with two attached hydrogens (primary N) is 1. The van der Waals surface area contributed by atoms with Gasteiger partial charge in [0, 0.05) is 55.4 Å². The second-order valence-corrected chi connectivity index (χ2v) is 7.37. The highest BCUT2D eigenvalue weighted by molar-refractivity contribution is 5.66. The lowest BCUT2D eigenvalue weighted by molar-refractivity contribution is 0.122. The highest BCUT2D eigenvalue weighted by Gasteiger charge is 2.17. The van der Waals surface area contributed by atoms with Crippen LogP contribution in [0.1, 0.15) is 23.0 Å². The van der Waals surface area contributed by atoms with Gasteiger partial charge in [0.1, 0.15) is 23.5 Å². The Bertz CT molecular complexity index is 1130. The van der Waals surface area contributed by atoms with E-state index >= 15 is 0 Å². The first-order valence-electron chi connectivity index (χ1n) is 10.3. The summed E-state index contributed by atoms with van der Waals surface area (Å²) in [5, 5.41) is 9.35. The number of ether oxygens (including phenoxy) is 2. The highest BCUT2D eigenvalue weighted by atomic mass is 19.1. The van der Waals surface area contributed by atoms with E-state index < -0.39 is 6.17 Å². The molecule has 0 unspecified atom stereocenters. The zero-order chi connectivity index (χ0) is 22.5. The van der Waals surface area contributed by atoms with Crippen molar-refractivity contribution in [3.8, 4) is 29.0 Å². The van der Waals surface area contributed by atoms with Crippen molar-refractivity contribution in [3.05, 3.63) is 59.5 Å². The first-order valence-corrected chi connectivity index (χ1v) is 10.3. The van der Waals surface area contributed by atoms with Gasteiger partial charge in [-0.05, 0) is 25.1 Å². The van der Waals surface area contributed by atoms with Crippen LogP contribution in [0.3, 0.4) is 0 Å². The van der Waals surface area contributed by atoms with Crippen molar-refractivity contribution in [2.24, 2.45) is 5.73 Å². The summed E-state index contributed by atoms with van der Waals surface area (Å²) in [6, 6.07) is 10.8. The molecule has 0 spiro atoms. The van der Waals surface area contributed by atoms with Gasteiger partial charge < -0.3 is 20.1 Å². The van der Waals surface area contributed by atoms with Crippen LogP contribution in [0.4, 0.5) is 10.2 Å². The minimum absolute atomic E-state index is 0.138. The van der Waals surface area contributed by atoms with E-state index in [9.17, 15) is 9.65 Å². The molecule has 3 heterocycles. The fourth-order valence-electron chi connectivity index (χ4n) is 3.40. The Morgan fingerprint density at radius 1 is 1.22 bits per heavy atom. The lowest BCUT2D eigenvalue weighted by atomic mass is 10.1. The molecule has 32 heavy (non-hydrogen) atoms. The summed E-state index contributed by atoms with van der Waals surface area (Å²) in [7, 11) is 0. The number of rotatable bonds is 6. The molecule has 0 bridgehead atoms. The van der Waals surface area contributed by atoms with Crippen LogP contribution in [-0.4, -0.2) is 47.8 Å². The Morgan fingerprint density at radius 3 is 2.66 bits per heavy atom. The standard InChI is InChI=1S/C23H23FN6O2/c1-15-8-18(10-22(29-15)30-4-6-31-7-5-30)32-21-9-16(11-25)2-3-19(21)23-27-13-17(14-28-23)20(24)12-26/h2-3,8-10,13-14,20H,4-7,12,26H2,1H3/t20-/m1/s1. The number of aromatic nitrogens is 3. The van der Waals surface area contributed by atoms with Gasteiger partial charge in [0.05, 0.1) is 30.4 Å². The van der Waals surface area contributed by atoms with Gasteiger partial charge in [-0.2, -0.15) is 5.26 Å². The van der Waals surface area contributed by atoms with Crippen LogP contribution < -0.4 is 15.4 Å². The fourth-order valence-corrected chi connectivity index (χ4v) is 3.40. The first-order chi connectivity index (χ1) is 15.6. The van der Waals surface area contributed by atoms with Gasteiger partial charge in [0.25, 0.3) is 0 Å². The third-order valence-electron chi connectivity index (χ3n) is 5.07. The predicted octanol–water partition coefficient (Wildman–Crippen LogP) is 3.32. The molecule has 8 nitrogen and oxygen atoms in total. The van der Waals surface area contributed by atoms with Crippen molar-refractivity contribution in [2.45, 2.75) is 13.1 Å². The third-order valence-corrected chi connectivity index (χ3v) is 5.07. The molecule has 164 valence electrons. The fraction of sp³-hybridized carbons (Fsp3) is 0.304. The number of benzene rings is 1. The van der Waals surface area contributed by atoms with Crippen LogP contribution in [0.2, 0.25) is 0 Å². The van der Waals surface area contributed by atoms with Crippen molar-refractivity contribution in [2.75, 3.05) is 37.7 Å². The molecule has 1 atom stereocenters. The van der Waals surface area contributed by atoms with Crippen LogP contribution in [-0.2, 0) is 4.74 Å². The number of hydrogen-bond donors (Lipinski definition) is 1. The monoisotopic (exact) mass is 434 g/mol. The molecule has 0 radical (unpaired) electrons. The Morgan fingerprint density at radius 2 is 1.97 bits per heavy atom. The minimum atomic E-state index is -1.32. The van der Waals surface area contributed by atoms with Crippen LogP contribution in [0, 0.1) is 18.3 Å². The molecule has 1 saturated heterocycles. The van der Waals surface area contributed by atoms with Gasteiger partial charge in [-0.1, -0.05) is 0 Å². The van der Waals surface area contributed by atoms with Crippen LogP contribution in [0.25, 0.3) is 11.4 Å². The molecule has 1 fully saturated rings. The maximum Gasteiger partial charge on any atom is 0.162 e. The van der Waals surface area contributed by atoms with Crippen LogP contribution in [0.15, 0.2) is 42.7 Å². The molecule has 9 heteroatoms. The SMILES string of the molecule is Cc1cc(Oc2cc(C#N)ccc2-c2ncc([C@H](F)CN)cn2)cc(N2CCOCC2)n1. The zero-order valence-corrected chi connectivity index (χ0v) is 17.7. The van der Waals surface area contributed by atoms with Crippen molar-refractivity contribution in [1.29, 1.82) is 5.26 Å². The van der Waals surface area contributed by atoms with Gasteiger partial charge in [-0.15, -0.1) is 0 Å². The summed E-state index contributed by atoms with van der Waals surface area (Å²) >= 11 is 0. The predicted molar refractivity (Wildman–Crippen MR) is 117 cm³/mol. The number of anilines is 1. The van der Waals surface area contributed by atoms with E-state index in [2.05, 4.69) is 25.9 Å². The zero-order valence-electron chi connectivity index (χ0n) is 17.7. The molecule has 0 saturated carbocycles. The topological polar surface area (TPSA) is 110 Å². The quantitative estimate of drug-likeness (QED) is 0.629. The summed E-state index contributed by atoms with van der Waals surface area (Å²) in [5.41, 5.74) is 7.51. The van der Waals surface area contributed by atoms with Crippen molar-refractivity contribution in [3.63, 3.8) is 0 Å². The van der Waals surface area contributed by atoms with Crippen molar-refractivity contribution in [1.82, 2.24) is 15.0 Å². The molecule has 1 aromatic carbocycles. The van der Waals surface area contributed by atoms with Gasteiger partial charge in [0.2, 0.25) is 0 Å². The van der Waals surface area contributed by atoms with E-state index in [1.807, 2.05) is 19.1 Å². The summed E-state index contributed by atoms with van der Waals surface area (Å²) in [6.45, 7) is 4.57. The summed E-state index contributed by atoms with van der Waals surface area (Å²) in [6.07, 6.45) is 1.50. The number of alkyl halides is 1. The summed E-state index contributed by atoms with van der Waals surface area (Å²) in [4.78, 5) is 15.3. The Balaban J connectivity index is 1.68. The second kappa shape index (κ2) is 9.68. The maximum atomic E-state index is 13.8. The maximum absolute atomic E-state index is 13.8. The summed E-state index contributed by atoms with van der Waals surface area (Å²) in [5.74, 6) is 2.17. The minimum Gasteiger partial charge on any atom is -0.456 e. The molecule has 1 aliphatic rings. The molecular formula is C23H23FN6O2. The first kappa shape index (κ1) is 21.6. The second-order valence-electron chi connectivity index (χ2n) is 7.37. The Kier molecular flexibility index (Phi) is 6.54. The smallest absolute Gasteiger partial charge is 0.162 e. The molecule has 2 N–H and O–H groups in total. The highest BCUT2D eigenvalue weighted by Crippen LogP contribution is 2.34. The number of nitriles is 1. The van der Waals surface area contributed by atoms with Gasteiger partial charge in [0.15, 0.2) is 5.82 Å². The number of nitrogens with zero attached hydrogens (tertiary/aromatic N) is 5. The van der Waals surface area contributed by atoms with Gasteiger partial charge >= 0.3 is 0 Å². The van der Waals surface area contributed by atoms with E-state index in [1.54, 1.807) is 18.2 Å². The average molecular weight is 434 g/mol. The molecule has 0 aliphatic carbocycles. The number of pyridine rings is 1. The van der Waals surface area contributed by atoms with E-state index in [0.717, 1.165) is 24.6 Å². The number of aryl methyl sites for hydroxylation is 1. The normalized spacial score (nSPS) is 14.6. The largest absolute Gasteiger partial charge is 0.456 e. The Labute approximate surface area is 185 Å². The Hall–Kier alpha value is -3.61. The van der Waals surface area contributed by atoms with E-state index in [0.29, 0.717) is 47.2 Å². The van der Waals surface area contributed by atoms with Crippen molar-refractivity contribution >= 4 is 5.82 Å². The van der Waals surface area contributed by atoms with Gasteiger partial charge in [-0.3, -0.25) is 0 Å². The molecule has 0 amide bonds. The van der Waals surface area contributed by atoms with E-state index in [-0.39, 0.29) is 6.54 Å². The number of halogens is 1.